The number of aromatic nitrogens is 1. The average Bonchev–Trinajstić information content (AvgIpc) is 2.84. The molecule has 0 saturated carbocycles. The topological polar surface area (TPSA) is 119 Å². The van der Waals surface area contributed by atoms with Crippen LogP contribution >= 0.6 is 0 Å². The number of amides is 2. The molecule has 1 aromatic heterocycles. The van der Waals surface area contributed by atoms with Crippen molar-refractivity contribution in [2.24, 2.45) is 7.05 Å². The first-order chi connectivity index (χ1) is 18.3. The average molecular weight is 548 g/mol. The number of rotatable bonds is 8. The Bertz CT molecular complexity index is 1440. The molecular weight excluding hydrogens is 519 g/mol. The largest absolute Gasteiger partial charge is 0.573 e. The van der Waals surface area contributed by atoms with E-state index < -0.39 is 41.5 Å². The molecule has 1 heterocycles. The zero-order valence-corrected chi connectivity index (χ0v) is 21.7. The number of nitrogens with zero attached hydrogens (tertiary/aromatic N) is 1. The molecular formula is C27H28F3N3O6. The molecule has 0 aliphatic carbocycles. The van der Waals surface area contributed by atoms with Crippen LogP contribution in [0.2, 0.25) is 0 Å². The number of carbonyl (C=O) groups is 2. The van der Waals surface area contributed by atoms with Crippen molar-refractivity contribution in [1.29, 1.82) is 0 Å². The maximum absolute atomic E-state index is 12.9. The second kappa shape index (κ2) is 11.9. The van der Waals surface area contributed by atoms with Crippen LogP contribution in [-0.4, -0.2) is 34.6 Å². The van der Waals surface area contributed by atoms with Gasteiger partial charge in [-0.2, -0.15) is 0 Å². The highest BCUT2D eigenvalue weighted by molar-refractivity contribution is 5.91. The van der Waals surface area contributed by atoms with E-state index in [0.717, 1.165) is 5.56 Å². The molecule has 3 rings (SSSR count). The molecule has 0 radical (unpaired) electrons. The lowest BCUT2D eigenvalue weighted by Crippen LogP contribution is -2.36. The third-order valence-electron chi connectivity index (χ3n) is 5.91. The van der Waals surface area contributed by atoms with Gasteiger partial charge in [0.25, 0.3) is 5.56 Å². The molecule has 2 amide bonds. The lowest BCUT2D eigenvalue weighted by Gasteiger charge is -2.21. The van der Waals surface area contributed by atoms with Crippen molar-refractivity contribution in [3.8, 4) is 22.6 Å². The van der Waals surface area contributed by atoms with E-state index in [2.05, 4.69) is 15.4 Å². The Morgan fingerprint density at radius 1 is 1.10 bits per heavy atom. The van der Waals surface area contributed by atoms with Gasteiger partial charge in [-0.1, -0.05) is 24.3 Å². The van der Waals surface area contributed by atoms with Crippen molar-refractivity contribution in [2.75, 3.05) is 11.9 Å². The molecule has 0 saturated heterocycles. The summed E-state index contributed by atoms with van der Waals surface area (Å²) >= 11 is 0. The number of aromatic hydroxyl groups is 1. The third-order valence-corrected chi connectivity index (χ3v) is 5.91. The van der Waals surface area contributed by atoms with Crippen LogP contribution in [0.1, 0.15) is 36.2 Å². The van der Waals surface area contributed by atoms with Crippen molar-refractivity contribution in [3.05, 3.63) is 75.7 Å². The maximum Gasteiger partial charge on any atom is 0.573 e. The number of ether oxygens (including phenoxy) is 2. The first-order valence-electron chi connectivity index (χ1n) is 11.9. The Kier molecular flexibility index (Phi) is 8.89. The van der Waals surface area contributed by atoms with Crippen LogP contribution in [0.25, 0.3) is 11.1 Å². The van der Waals surface area contributed by atoms with Crippen LogP contribution in [0, 0.1) is 13.8 Å². The highest BCUT2D eigenvalue weighted by Gasteiger charge is 2.31. The zero-order chi connectivity index (χ0) is 28.9. The van der Waals surface area contributed by atoms with E-state index in [1.165, 1.54) is 35.9 Å². The third kappa shape index (κ3) is 7.53. The van der Waals surface area contributed by atoms with Crippen LogP contribution in [0.15, 0.2) is 53.3 Å². The van der Waals surface area contributed by atoms with Crippen LogP contribution in [0.3, 0.4) is 0 Å². The molecule has 1 atom stereocenters. The molecule has 208 valence electrons. The van der Waals surface area contributed by atoms with Crippen LogP contribution < -0.4 is 20.9 Å². The first-order valence-corrected chi connectivity index (χ1v) is 11.9. The Hall–Kier alpha value is -4.48. The number of esters is 1. The van der Waals surface area contributed by atoms with Crippen molar-refractivity contribution < 1.29 is 37.3 Å². The summed E-state index contributed by atoms with van der Waals surface area (Å²) in [6.45, 7) is 5.10. The zero-order valence-electron chi connectivity index (χ0n) is 21.7. The second-order valence-electron chi connectivity index (χ2n) is 8.72. The standard InChI is InChI=1S/C27H28F3N3O6/c1-5-38-23(35)14-21(31-26(37)32-24-22(34)11-16(3)33(4)25(24)36)18-10-9-15(2)20(13-18)17-7-6-8-19(12-17)39-27(28,29)30/h6-13,21,34H,5,14H2,1-4H3,(H2,31,32,37). The number of halogens is 3. The van der Waals surface area contributed by atoms with Crippen molar-refractivity contribution in [2.45, 2.75) is 39.6 Å². The van der Waals surface area contributed by atoms with Gasteiger partial charge in [0.15, 0.2) is 5.69 Å². The molecule has 0 aliphatic rings. The molecule has 1 unspecified atom stereocenters. The van der Waals surface area contributed by atoms with Gasteiger partial charge in [-0.05, 0) is 61.2 Å². The lowest BCUT2D eigenvalue weighted by molar-refractivity contribution is -0.274. The van der Waals surface area contributed by atoms with Gasteiger partial charge in [-0.25, -0.2) is 4.79 Å². The maximum atomic E-state index is 12.9. The predicted molar refractivity (Wildman–Crippen MR) is 138 cm³/mol. The highest BCUT2D eigenvalue weighted by Crippen LogP contribution is 2.32. The predicted octanol–water partition coefficient (Wildman–Crippen LogP) is 5.09. The summed E-state index contributed by atoms with van der Waals surface area (Å²) in [6.07, 6.45) is -5.14. The number of alkyl halides is 3. The number of nitrogens with one attached hydrogen (secondary N) is 2. The molecule has 0 aliphatic heterocycles. The smallest absolute Gasteiger partial charge is 0.505 e. The normalized spacial score (nSPS) is 12.0. The van der Waals surface area contributed by atoms with Crippen molar-refractivity contribution in [1.82, 2.24) is 9.88 Å². The first kappa shape index (κ1) is 29.1. The Morgan fingerprint density at radius 2 is 1.82 bits per heavy atom. The number of aryl methyl sites for hydroxylation is 2. The number of carbonyl (C=O) groups excluding carboxylic acids is 2. The van der Waals surface area contributed by atoms with Crippen molar-refractivity contribution >= 4 is 17.7 Å². The minimum atomic E-state index is -4.86. The molecule has 3 N–H and O–H groups in total. The van der Waals surface area contributed by atoms with Gasteiger partial charge in [-0.15, -0.1) is 13.2 Å². The van der Waals surface area contributed by atoms with Gasteiger partial charge in [-0.3, -0.25) is 9.59 Å². The van der Waals surface area contributed by atoms with Gasteiger partial charge in [0.05, 0.1) is 19.1 Å². The van der Waals surface area contributed by atoms with E-state index in [1.54, 1.807) is 45.0 Å². The van der Waals surface area contributed by atoms with Gasteiger partial charge >= 0.3 is 18.4 Å². The van der Waals surface area contributed by atoms with E-state index in [4.69, 9.17) is 4.74 Å². The van der Waals surface area contributed by atoms with Gasteiger partial charge < -0.3 is 29.8 Å². The minimum absolute atomic E-state index is 0.107. The molecule has 39 heavy (non-hydrogen) atoms. The number of hydrogen-bond acceptors (Lipinski definition) is 6. The molecule has 3 aromatic rings. The Morgan fingerprint density at radius 3 is 2.49 bits per heavy atom. The van der Waals surface area contributed by atoms with E-state index in [-0.39, 0.29) is 18.7 Å². The SMILES string of the molecule is CCOC(=O)CC(NC(=O)Nc1c(O)cc(C)n(C)c1=O)c1ccc(C)c(-c2cccc(OC(F)(F)F)c2)c1. The second-order valence-corrected chi connectivity index (χ2v) is 8.72. The molecule has 0 spiro atoms. The summed E-state index contributed by atoms with van der Waals surface area (Å²) in [7, 11) is 1.48. The number of anilines is 1. The van der Waals surface area contributed by atoms with Crippen LogP contribution in [0.5, 0.6) is 11.5 Å². The van der Waals surface area contributed by atoms with E-state index in [9.17, 15) is 32.7 Å². The van der Waals surface area contributed by atoms with E-state index in [0.29, 0.717) is 22.4 Å². The summed E-state index contributed by atoms with van der Waals surface area (Å²) < 4.78 is 48.5. The van der Waals surface area contributed by atoms with Crippen molar-refractivity contribution in [3.63, 3.8) is 0 Å². The summed E-state index contributed by atoms with van der Waals surface area (Å²) in [5.41, 5.74) is 1.62. The highest BCUT2D eigenvalue weighted by atomic mass is 19.4. The van der Waals surface area contributed by atoms with Gasteiger partial charge in [0.2, 0.25) is 0 Å². The fourth-order valence-electron chi connectivity index (χ4n) is 3.90. The summed E-state index contributed by atoms with van der Waals surface area (Å²) in [4.78, 5) is 37.7. The minimum Gasteiger partial charge on any atom is -0.505 e. The van der Waals surface area contributed by atoms with E-state index >= 15 is 0 Å². The van der Waals surface area contributed by atoms with Gasteiger partial charge in [0, 0.05) is 18.8 Å². The number of urea groups is 1. The van der Waals surface area contributed by atoms with E-state index in [1.807, 2.05) is 0 Å². The Labute approximate surface area is 222 Å². The fourth-order valence-corrected chi connectivity index (χ4v) is 3.90. The number of pyridine rings is 1. The number of hydrogen-bond donors (Lipinski definition) is 3. The van der Waals surface area contributed by atoms with Gasteiger partial charge in [0.1, 0.15) is 11.5 Å². The lowest BCUT2D eigenvalue weighted by atomic mass is 9.94. The summed E-state index contributed by atoms with van der Waals surface area (Å²) in [5.74, 6) is -1.43. The Balaban J connectivity index is 1.95. The van der Waals surface area contributed by atoms with Crippen LogP contribution in [0.4, 0.5) is 23.7 Å². The fraction of sp³-hybridized carbons (Fsp3) is 0.296. The van der Waals surface area contributed by atoms with Crippen LogP contribution in [-0.2, 0) is 16.6 Å². The summed E-state index contributed by atoms with van der Waals surface area (Å²) in [5, 5.41) is 15.1. The molecule has 0 bridgehead atoms. The molecule has 9 nitrogen and oxygen atoms in total. The molecule has 0 fully saturated rings. The quantitative estimate of drug-likeness (QED) is 0.338. The molecule has 12 heteroatoms. The summed E-state index contributed by atoms with van der Waals surface area (Å²) in [6, 6.07) is 9.90. The number of benzene rings is 2. The monoisotopic (exact) mass is 547 g/mol. The molecule has 2 aromatic carbocycles.